The largest absolute Gasteiger partial charge is 0.495 e. The van der Waals surface area contributed by atoms with Crippen molar-refractivity contribution in [3.8, 4) is 11.5 Å². The standard InChI is InChI=1S/C25H28ClN3O6S/c1-16-8-10-29(11-9-16)36(32,33)23-14-28(25(31)18-7-5-4-6-17(18)23)15-24(30)27-20-12-19(26)21(34-2)13-22(20)35-3/h4-7,12-14,16H,8-11,15H2,1-3H3,(H,27,30). The van der Waals surface area contributed by atoms with Crippen LogP contribution in [-0.2, 0) is 21.4 Å². The van der Waals surface area contributed by atoms with Gasteiger partial charge in [-0.25, -0.2) is 8.42 Å². The predicted octanol–water partition coefficient (Wildman–Crippen LogP) is 3.73. The third kappa shape index (κ3) is 5.07. The van der Waals surface area contributed by atoms with Crippen molar-refractivity contribution in [1.29, 1.82) is 0 Å². The Hall–Kier alpha value is -3.08. The van der Waals surface area contributed by atoms with Crippen LogP contribution in [0.4, 0.5) is 5.69 Å². The third-order valence-electron chi connectivity index (χ3n) is 6.38. The molecule has 9 nitrogen and oxygen atoms in total. The molecule has 1 aromatic heterocycles. The van der Waals surface area contributed by atoms with Gasteiger partial charge in [0, 0.05) is 36.1 Å². The molecule has 2 aromatic carbocycles. The van der Waals surface area contributed by atoms with Gasteiger partial charge in [-0.2, -0.15) is 4.31 Å². The summed E-state index contributed by atoms with van der Waals surface area (Å²) in [6.45, 7) is 2.52. The number of hydrogen-bond donors (Lipinski definition) is 1. The maximum absolute atomic E-state index is 13.6. The zero-order valence-electron chi connectivity index (χ0n) is 20.3. The molecule has 4 rings (SSSR count). The summed E-state index contributed by atoms with van der Waals surface area (Å²) < 4.78 is 40.2. The molecule has 36 heavy (non-hydrogen) atoms. The first kappa shape index (κ1) is 26.0. The zero-order chi connectivity index (χ0) is 26.0. The number of hydrogen-bond acceptors (Lipinski definition) is 6. The van der Waals surface area contributed by atoms with Crippen molar-refractivity contribution >= 4 is 44.0 Å². The fourth-order valence-electron chi connectivity index (χ4n) is 4.30. The Bertz CT molecular complexity index is 1460. The van der Waals surface area contributed by atoms with Gasteiger partial charge >= 0.3 is 0 Å². The minimum Gasteiger partial charge on any atom is -0.495 e. The monoisotopic (exact) mass is 533 g/mol. The van der Waals surface area contributed by atoms with E-state index in [-0.39, 0.29) is 21.0 Å². The van der Waals surface area contributed by atoms with E-state index in [1.54, 1.807) is 24.3 Å². The van der Waals surface area contributed by atoms with Crippen LogP contribution in [0.15, 0.2) is 52.3 Å². The molecule has 1 saturated heterocycles. The van der Waals surface area contributed by atoms with E-state index in [0.717, 1.165) is 17.4 Å². The molecular weight excluding hydrogens is 506 g/mol. The average Bonchev–Trinajstić information content (AvgIpc) is 2.86. The van der Waals surface area contributed by atoms with Gasteiger partial charge in [-0.05, 0) is 30.9 Å². The number of piperidine rings is 1. The lowest BCUT2D eigenvalue weighted by Gasteiger charge is -2.30. The van der Waals surface area contributed by atoms with Gasteiger partial charge in [0.2, 0.25) is 15.9 Å². The van der Waals surface area contributed by atoms with Gasteiger partial charge < -0.3 is 19.4 Å². The van der Waals surface area contributed by atoms with Crippen LogP contribution in [0.25, 0.3) is 10.8 Å². The maximum Gasteiger partial charge on any atom is 0.258 e. The molecule has 0 atom stereocenters. The summed E-state index contributed by atoms with van der Waals surface area (Å²) in [4.78, 5) is 26.1. The van der Waals surface area contributed by atoms with E-state index in [1.807, 2.05) is 0 Å². The molecule has 1 aliphatic rings. The van der Waals surface area contributed by atoms with Crippen LogP contribution in [0.5, 0.6) is 11.5 Å². The summed E-state index contributed by atoms with van der Waals surface area (Å²) in [7, 11) is -0.985. The Morgan fingerprint density at radius 1 is 1.08 bits per heavy atom. The number of halogens is 1. The molecule has 3 aromatic rings. The van der Waals surface area contributed by atoms with E-state index in [1.165, 1.54) is 36.9 Å². The second-order valence-electron chi connectivity index (χ2n) is 8.79. The molecule has 11 heteroatoms. The van der Waals surface area contributed by atoms with E-state index in [2.05, 4.69) is 12.2 Å². The molecule has 0 radical (unpaired) electrons. The van der Waals surface area contributed by atoms with Crippen molar-refractivity contribution in [2.45, 2.75) is 31.2 Å². The van der Waals surface area contributed by atoms with E-state index < -0.39 is 28.0 Å². The van der Waals surface area contributed by atoms with Crippen LogP contribution in [-0.4, -0.2) is 50.5 Å². The summed E-state index contributed by atoms with van der Waals surface area (Å²) in [6, 6.07) is 9.55. The predicted molar refractivity (Wildman–Crippen MR) is 139 cm³/mol. The van der Waals surface area contributed by atoms with Crippen molar-refractivity contribution in [2.24, 2.45) is 5.92 Å². The minimum absolute atomic E-state index is 0.00475. The Morgan fingerprint density at radius 2 is 1.72 bits per heavy atom. The van der Waals surface area contributed by atoms with Crippen molar-refractivity contribution in [3.63, 3.8) is 0 Å². The molecule has 192 valence electrons. The number of methoxy groups -OCH3 is 2. The summed E-state index contributed by atoms with van der Waals surface area (Å²) in [5, 5.41) is 3.50. The average molecular weight is 534 g/mol. The van der Waals surface area contributed by atoms with Crippen molar-refractivity contribution in [3.05, 3.63) is 58.0 Å². The van der Waals surface area contributed by atoms with Gasteiger partial charge in [-0.15, -0.1) is 0 Å². The molecule has 0 saturated carbocycles. The highest BCUT2D eigenvalue weighted by Gasteiger charge is 2.30. The number of carbonyl (C=O) groups excluding carboxylic acids is 1. The number of fused-ring (bicyclic) bond motifs is 1. The van der Waals surface area contributed by atoms with Gasteiger partial charge in [0.05, 0.1) is 24.9 Å². The number of anilines is 1. The summed E-state index contributed by atoms with van der Waals surface area (Å²) in [5.41, 5.74) is -0.177. The number of ether oxygens (including phenoxy) is 2. The second-order valence-corrected chi connectivity index (χ2v) is 11.1. The van der Waals surface area contributed by atoms with Gasteiger partial charge in [0.15, 0.2) is 0 Å². The van der Waals surface area contributed by atoms with Crippen molar-refractivity contribution in [1.82, 2.24) is 8.87 Å². The molecule has 0 unspecified atom stereocenters. The Balaban J connectivity index is 1.70. The smallest absolute Gasteiger partial charge is 0.258 e. The lowest BCUT2D eigenvalue weighted by Crippen LogP contribution is -2.38. The fourth-order valence-corrected chi connectivity index (χ4v) is 6.23. The number of benzene rings is 2. The van der Waals surface area contributed by atoms with Gasteiger partial charge in [0.25, 0.3) is 5.56 Å². The van der Waals surface area contributed by atoms with Crippen LogP contribution in [0.3, 0.4) is 0 Å². The molecular formula is C25H28ClN3O6S. The third-order valence-corrected chi connectivity index (χ3v) is 8.60. The first-order chi connectivity index (χ1) is 17.1. The maximum atomic E-state index is 13.6. The number of nitrogens with one attached hydrogen (secondary N) is 1. The lowest BCUT2D eigenvalue weighted by molar-refractivity contribution is -0.116. The molecule has 2 heterocycles. The Kier molecular flexibility index (Phi) is 7.58. The number of nitrogens with zero attached hydrogens (tertiary/aromatic N) is 2. The zero-order valence-corrected chi connectivity index (χ0v) is 21.9. The van der Waals surface area contributed by atoms with Gasteiger partial charge in [-0.3, -0.25) is 9.59 Å². The summed E-state index contributed by atoms with van der Waals surface area (Å²) in [5.74, 6) is 0.591. The molecule has 1 fully saturated rings. The van der Waals surface area contributed by atoms with E-state index in [4.69, 9.17) is 21.1 Å². The second kappa shape index (κ2) is 10.5. The van der Waals surface area contributed by atoms with Crippen LogP contribution >= 0.6 is 11.6 Å². The van der Waals surface area contributed by atoms with Crippen molar-refractivity contribution < 1.29 is 22.7 Å². The first-order valence-electron chi connectivity index (χ1n) is 11.5. The summed E-state index contributed by atoms with van der Waals surface area (Å²) >= 11 is 6.19. The number of rotatable bonds is 7. The number of sulfonamides is 1. The molecule has 1 amide bonds. The highest BCUT2D eigenvalue weighted by molar-refractivity contribution is 7.89. The fraction of sp³-hybridized carbons (Fsp3) is 0.360. The Morgan fingerprint density at radius 3 is 2.36 bits per heavy atom. The SMILES string of the molecule is COc1cc(OC)c(NC(=O)Cn2cc(S(=O)(=O)N3CCC(C)CC3)c3ccccc3c2=O)cc1Cl. The normalized spacial score (nSPS) is 15.1. The van der Waals surface area contributed by atoms with Crippen LogP contribution in [0.1, 0.15) is 19.8 Å². The molecule has 1 aliphatic heterocycles. The summed E-state index contributed by atoms with van der Waals surface area (Å²) in [6.07, 6.45) is 2.80. The molecule has 0 spiro atoms. The highest BCUT2D eigenvalue weighted by atomic mass is 35.5. The lowest BCUT2D eigenvalue weighted by atomic mass is 10.0. The number of amides is 1. The quantitative estimate of drug-likeness (QED) is 0.496. The van der Waals surface area contributed by atoms with Crippen LogP contribution < -0.4 is 20.3 Å². The first-order valence-corrected chi connectivity index (χ1v) is 13.3. The van der Waals surface area contributed by atoms with E-state index in [9.17, 15) is 18.0 Å². The number of carbonyl (C=O) groups is 1. The van der Waals surface area contributed by atoms with Crippen molar-refractivity contribution in [2.75, 3.05) is 32.6 Å². The van der Waals surface area contributed by atoms with E-state index in [0.29, 0.717) is 35.9 Å². The van der Waals surface area contributed by atoms with Crippen LogP contribution in [0.2, 0.25) is 5.02 Å². The molecule has 1 N–H and O–H groups in total. The number of aromatic nitrogens is 1. The number of pyridine rings is 1. The van der Waals surface area contributed by atoms with Crippen LogP contribution in [0, 0.1) is 5.92 Å². The Labute approximate surface area is 214 Å². The minimum atomic E-state index is -3.88. The highest BCUT2D eigenvalue weighted by Crippen LogP contribution is 2.36. The molecule has 0 aliphatic carbocycles. The van der Waals surface area contributed by atoms with E-state index >= 15 is 0 Å². The molecule has 0 bridgehead atoms. The topological polar surface area (TPSA) is 107 Å². The van der Waals surface area contributed by atoms with Gasteiger partial charge in [-0.1, -0.05) is 36.7 Å². The van der Waals surface area contributed by atoms with Gasteiger partial charge in [0.1, 0.15) is 22.9 Å².